The highest BCUT2D eigenvalue weighted by Gasteiger charge is 2.51. The first-order chi connectivity index (χ1) is 29.8. The van der Waals surface area contributed by atoms with Gasteiger partial charge in [0.15, 0.2) is 0 Å². The van der Waals surface area contributed by atoms with Crippen LogP contribution in [0.5, 0.6) is 0 Å². The van der Waals surface area contributed by atoms with E-state index in [1.807, 2.05) is 11.8 Å². The van der Waals surface area contributed by atoms with Gasteiger partial charge in [-0.1, -0.05) is 179 Å². The van der Waals surface area contributed by atoms with Crippen molar-refractivity contribution in [3.05, 3.63) is 233 Å². The topological polar surface area (TPSA) is 3.24 Å². The number of hydrogen-bond donors (Lipinski definition) is 0. The summed E-state index contributed by atoms with van der Waals surface area (Å²) < 4.78 is 0. The molecule has 0 amide bonds. The Balaban J connectivity index is 1.05. The van der Waals surface area contributed by atoms with Gasteiger partial charge in [0.1, 0.15) is 0 Å². The van der Waals surface area contributed by atoms with E-state index in [-0.39, 0.29) is 10.8 Å². The molecule has 1 aliphatic heterocycles. The molecule has 290 valence electrons. The van der Waals surface area contributed by atoms with Crippen molar-refractivity contribution in [1.82, 2.24) is 0 Å². The lowest BCUT2D eigenvalue weighted by atomic mass is 9.66. The summed E-state index contributed by atoms with van der Waals surface area (Å²) in [5.41, 5.74) is 21.9. The zero-order valence-electron chi connectivity index (χ0n) is 34.8. The van der Waals surface area contributed by atoms with Crippen molar-refractivity contribution in [3.8, 4) is 33.4 Å². The van der Waals surface area contributed by atoms with Crippen LogP contribution in [0.3, 0.4) is 0 Å². The number of nitrogens with zero attached hydrogens (tertiary/aromatic N) is 1. The van der Waals surface area contributed by atoms with Crippen molar-refractivity contribution in [2.45, 2.75) is 53.7 Å². The first-order valence-electron chi connectivity index (χ1n) is 21.6. The van der Waals surface area contributed by atoms with Gasteiger partial charge in [-0.15, -0.1) is 0 Å². The minimum absolute atomic E-state index is 0.117. The zero-order chi connectivity index (χ0) is 40.8. The molecule has 1 spiro atoms. The summed E-state index contributed by atoms with van der Waals surface area (Å²) in [5, 5.41) is 2.54. The second-order valence-electron chi connectivity index (χ2n) is 18.4. The summed E-state index contributed by atoms with van der Waals surface area (Å²) in [7, 11) is 0. The summed E-state index contributed by atoms with van der Waals surface area (Å²) in [4.78, 5) is 5.16. The fourth-order valence-electron chi connectivity index (χ4n) is 11.9. The molecule has 0 saturated heterocycles. The maximum Gasteiger partial charge on any atom is 0.0741 e. The highest BCUT2D eigenvalue weighted by molar-refractivity contribution is 7.99. The molecular weight excluding hydrogens is 755 g/mol. The van der Waals surface area contributed by atoms with Gasteiger partial charge < -0.3 is 4.90 Å². The van der Waals surface area contributed by atoms with Crippen LogP contribution in [0, 0.1) is 0 Å². The van der Waals surface area contributed by atoms with E-state index < -0.39 is 5.41 Å². The molecule has 61 heavy (non-hydrogen) atoms. The first-order valence-corrected chi connectivity index (χ1v) is 22.4. The molecule has 2 heteroatoms. The number of fused-ring (bicyclic) bond motifs is 17. The number of benzene rings is 9. The predicted octanol–water partition coefficient (Wildman–Crippen LogP) is 15.7. The molecule has 1 heterocycles. The van der Waals surface area contributed by atoms with E-state index in [1.54, 1.807) is 0 Å². The summed E-state index contributed by atoms with van der Waals surface area (Å²) >= 11 is 1.91. The van der Waals surface area contributed by atoms with E-state index in [1.165, 1.54) is 110 Å². The van der Waals surface area contributed by atoms with Gasteiger partial charge in [0.2, 0.25) is 0 Å². The van der Waals surface area contributed by atoms with Crippen LogP contribution in [0.15, 0.2) is 198 Å². The molecule has 0 N–H and O–H groups in total. The molecule has 3 aliphatic carbocycles. The predicted molar refractivity (Wildman–Crippen MR) is 255 cm³/mol. The van der Waals surface area contributed by atoms with Gasteiger partial charge in [-0.2, -0.15) is 0 Å². The summed E-state index contributed by atoms with van der Waals surface area (Å²) in [5.74, 6) is 0. The van der Waals surface area contributed by atoms with Crippen LogP contribution in [0.1, 0.15) is 72.2 Å². The van der Waals surface area contributed by atoms with Crippen LogP contribution in [-0.2, 0) is 16.2 Å². The van der Waals surface area contributed by atoms with Gasteiger partial charge in [0, 0.05) is 37.7 Å². The van der Waals surface area contributed by atoms with E-state index in [4.69, 9.17) is 0 Å². The molecule has 0 aromatic heterocycles. The molecule has 0 unspecified atom stereocenters. The molecule has 1 nitrogen and oxygen atoms in total. The van der Waals surface area contributed by atoms with Crippen LogP contribution >= 0.6 is 11.8 Å². The summed E-state index contributed by atoms with van der Waals surface area (Å²) in [6.07, 6.45) is 0. The Hall–Kier alpha value is -6.61. The van der Waals surface area contributed by atoms with Gasteiger partial charge in [0.05, 0.1) is 5.41 Å². The third kappa shape index (κ3) is 4.53. The minimum atomic E-state index is -0.438. The van der Waals surface area contributed by atoms with Crippen molar-refractivity contribution in [1.29, 1.82) is 0 Å². The normalized spacial score (nSPS) is 15.9. The number of hydrogen-bond acceptors (Lipinski definition) is 2. The van der Waals surface area contributed by atoms with Crippen molar-refractivity contribution >= 4 is 39.6 Å². The molecule has 13 rings (SSSR count). The van der Waals surface area contributed by atoms with Crippen molar-refractivity contribution in [2.24, 2.45) is 0 Å². The second kappa shape index (κ2) is 12.2. The van der Waals surface area contributed by atoms with Crippen LogP contribution < -0.4 is 4.90 Å². The molecule has 9 aromatic carbocycles. The quantitative estimate of drug-likeness (QED) is 0.175. The third-order valence-electron chi connectivity index (χ3n) is 14.7. The Morgan fingerprint density at radius 2 is 0.770 bits per heavy atom. The third-order valence-corrected chi connectivity index (χ3v) is 15.8. The van der Waals surface area contributed by atoms with E-state index in [0.717, 1.165) is 5.69 Å². The van der Waals surface area contributed by atoms with E-state index in [0.29, 0.717) is 0 Å². The fraction of sp³-hybridized carbons (Fsp3) is 0.119. The van der Waals surface area contributed by atoms with Crippen LogP contribution in [-0.4, -0.2) is 0 Å². The lowest BCUT2D eigenvalue weighted by Gasteiger charge is -2.40. The smallest absolute Gasteiger partial charge is 0.0741 e. The molecule has 0 atom stereocenters. The van der Waals surface area contributed by atoms with Crippen molar-refractivity contribution in [3.63, 3.8) is 0 Å². The van der Waals surface area contributed by atoms with E-state index in [9.17, 15) is 0 Å². The van der Waals surface area contributed by atoms with Gasteiger partial charge in [-0.25, -0.2) is 0 Å². The van der Waals surface area contributed by atoms with Gasteiger partial charge in [-0.05, 0) is 137 Å². The maximum absolute atomic E-state index is 2.51. The molecule has 0 saturated carbocycles. The molecular formula is C59H43NS. The second-order valence-corrected chi connectivity index (χ2v) is 19.5. The molecule has 0 fully saturated rings. The number of rotatable bonds is 3. The summed E-state index contributed by atoms with van der Waals surface area (Å²) in [6.45, 7) is 9.52. The van der Waals surface area contributed by atoms with Crippen LogP contribution in [0.4, 0.5) is 17.1 Å². The average Bonchev–Trinajstić information content (AvgIpc) is 3.81. The Morgan fingerprint density at radius 3 is 1.33 bits per heavy atom. The molecule has 9 aromatic rings. The highest BCUT2D eigenvalue weighted by atomic mass is 32.2. The standard InChI is InChI=1S/C59H43NS/c1-57(2)47-19-9-5-15-41(47)45-30-27-38(34-52(45)57)60(39-28-31-46-42-16-6-10-20-48(42)58(3,4)53(46)35-39)37-26-29-40-36(33-37)25-32-55-56(40)59(51-23-13-14-24-54(51)61-55)49-21-11-7-17-43(49)44-18-8-12-22-50(44)59/h5-35H,1-4H3. The Labute approximate surface area is 362 Å². The van der Waals surface area contributed by atoms with Gasteiger partial charge in [0.25, 0.3) is 0 Å². The first kappa shape index (κ1) is 35.2. The van der Waals surface area contributed by atoms with Crippen molar-refractivity contribution < 1.29 is 0 Å². The molecule has 4 aliphatic rings. The lowest BCUT2D eigenvalue weighted by molar-refractivity contribution is 0.660. The molecule has 0 bridgehead atoms. The zero-order valence-corrected chi connectivity index (χ0v) is 35.6. The van der Waals surface area contributed by atoms with Crippen molar-refractivity contribution in [2.75, 3.05) is 4.90 Å². The Kier molecular flexibility index (Phi) is 7.06. The Morgan fingerprint density at radius 1 is 0.344 bits per heavy atom. The largest absolute Gasteiger partial charge is 0.310 e. The highest BCUT2D eigenvalue weighted by Crippen LogP contribution is 2.63. The fourth-order valence-corrected chi connectivity index (χ4v) is 13.1. The molecule has 0 radical (unpaired) electrons. The Bertz CT molecular complexity index is 3210. The van der Waals surface area contributed by atoms with Gasteiger partial charge >= 0.3 is 0 Å². The minimum Gasteiger partial charge on any atom is -0.310 e. The SMILES string of the molecule is CC1(C)c2ccccc2-c2ccc(N(c3ccc4c(c3)C(C)(C)c3ccccc3-4)c3ccc4c5c(ccc4c3)Sc3ccccc3C53c4ccccc4-c4ccccc43)cc21. The van der Waals surface area contributed by atoms with Gasteiger partial charge in [-0.3, -0.25) is 0 Å². The lowest BCUT2D eigenvalue weighted by Crippen LogP contribution is -2.32. The van der Waals surface area contributed by atoms with Crippen LogP contribution in [0.2, 0.25) is 0 Å². The van der Waals surface area contributed by atoms with Crippen LogP contribution in [0.25, 0.3) is 44.2 Å². The average molecular weight is 798 g/mol. The summed E-state index contributed by atoms with van der Waals surface area (Å²) in [6, 6.07) is 71.6. The monoisotopic (exact) mass is 797 g/mol. The number of anilines is 3. The van der Waals surface area contributed by atoms with E-state index >= 15 is 0 Å². The van der Waals surface area contributed by atoms with E-state index in [2.05, 4.69) is 221 Å². The maximum atomic E-state index is 2.51.